The molecule has 5 nitrogen and oxygen atoms in total. The molecule has 150 valence electrons. The molecular formula is C23H26N4OS. The Kier molecular flexibility index (Phi) is 6.00. The molecule has 29 heavy (non-hydrogen) atoms. The Morgan fingerprint density at radius 1 is 1.03 bits per heavy atom. The van der Waals surface area contributed by atoms with E-state index in [0.29, 0.717) is 5.82 Å². The molecule has 2 heterocycles. The Morgan fingerprint density at radius 3 is 2.52 bits per heavy atom. The predicted octanol–water partition coefficient (Wildman–Crippen LogP) is 5.05. The lowest BCUT2D eigenvalue weighted by atomic mass is 10.1. The molecule has 4 rings (SSSR count). The highest BCUT2D eigenvalue weighted by Crippen LogP contribution is 2.29. The number of carbonyl (C=O) groups excluding carboxylic acids is 1. The van der Waals surface area contributed by atoms with Gasteiger partial charge in [-0.1, -0.05) is 30.0 Å². The summed E-state index contributed by atoms with van der Waals surface area (Å²) in [5, 5.41) is 4.59. The molecule has 0 saturated carbocycles. The van der Waals surface area contributed by atoms with Crippen LogP contribution in [0.25, 0.3) is 10.9 Å². The zero-order valence-electron chi connectivity index (χ0n) is 16.9. The molecule has 1 saturated heterocycles. The van der Waals surface area contributed by atoms with E-state index < -0.39 is 0 Å². The van der Waals surface area contributed by atoms with Crippen molar-refractivity contribution in [3.8, 4) is 0 Å². The standard InChI is InChI=1S/C23H26N4OS/c1-16(29-23-20-8-4-5-9-21(20)24-17(2)25-23)22(28)26-18-10-12-19(13-11-18)27-14-6-3-7-15-27/h4-5,8-13,16H,3,6-7,14-15H2,1-2H3,(H,26,28)/t16-/m0/s1. The van der Waals surface area contributed by atoms with Crippen molar-refractivity contribution in [2.24, 2.45) is 0 Å². The van der Waals surface area contributed by atoms with Crippen LogP contribution in [-0.4, -0.2) is 34.2 Å². The third-order valence-corrected chi connectivity index (χ3v) is 6.30. The van der Waals surface area contributed by atoms with E-state index in [0.717, 1.165) is 34.7 Å². The minimum absolute atomic E-state index is 0.0268. The molecule has 1 fully saturated rings. The van der Waals surface area contributed by atoms with Crippen LogP contribution in [-0.2, 0) is 4.79 Å². The smallest absolute Gasteiger partial charge is 0.237 e. The topological polar surface area (TPSA) is 58.1 Å². The Balaban J connectivity index is 1.42. The van der Waals surface area contributed by atoms with Gasteiger partial charge in [-0.15, -0.1) is 0 Å². The largest absolute Gasteiger partial charge is 0.372 e. The van der Waals surface area contributed by atoms with Gasteiger partial charge in [-0.2, -0.15) is 0 Å². The number of aromatic nitrogens is 2. The fourth-order valence-electron chi connectivity index (χ4n) is 3.62. The van der Waals surface area contributed by atoms with Crippen molar-refractivity contribution in [3.63, 3.8) is 0 Å². The van der Waals surface area contributed by atoms with Crippen LogP contribution in [0, 0.1) is 6.92 Å². The van der Waals surface area contributed by atoms with E-state index in [4.69, 9.17) is 0 Å². The third-order valence-electron chi connectivity index (χ3n) is 5.19. The molecule has 3 aromatic rings. The van der Waals surface area contributed by atoms with Gasteiger partial charge in [0.1, 0.15) is 10.9 Å². The van der Waals surface area contributed by atoms with Gasteiger partial charge in [0, 0.05) is 29.9 Å². The predicted molar refractivity (Wildman–Crippen MR) is 121 cm³/mol. The van der Waals surface area contributed by atoms with Crippen LogP contribution in [0.4, 0.5) is 11.4 Å². The quantitative estimate of drug-likeness (QED) is 0.475. The van der Waals surface area contributed by atoms with E-state index in [1.165, 1.54) is 36.7 Å². The number of hydrogen-bond acceptors (Lipinski definition) is 5. The molecule has 6 heteroatoms. The summed E-state index contributed by atoms with van der Waals surface area (Å²) in [6, 6.07) is 16.1. The molecule has 0 aliphatic carbocycles. The highest BCUT2D eigenvalue weighted by atomic mass is 32.2. The number of para-hydroxylation sites is 1. The van der Waals surface area contributed by atoms with Crippen molar-refractivity contribution >= 4 is 39.9 Å². The van der Waals surface area contributed by atoms with Crippen molar-refractivity contribution in [2.45, 2.75) is 43.4 Å². The number of anilines is 2. The van der Waals surface area contributed by atoms with E-state index in [2.05, 4.69) is 32.3 Å². The number of carbonyl (C=O) groups is 1. The highest BCUT2D eigenvalue weighted by Gasteiger charge is 2.18. The fraction of sp³-hybridized carbons (Fsp3) is 0.348. The molecule has 1 atom stereocenters. The number of piperidine rings is 1. The van der Waals surface area contributed by atoms with Crippen molar-refractivity contribution in [1.29, 1.82) is 0 Å². The van der Waals surface area contributed by atoms with Crippen LogP contribution in [0.15, 0.2) is 53.6 Å². The average Bonchev–Trinajstić information content (AvgIpc) is 2.74. The van der Waals surface area contributed by atoms with Crippen molar-refractivity contribution in [1.82, 2.24) is 9.97 Å². The first-order valence-corrected chi connectivity index (χ1v) is 11.0. The summed E-state index contributed by atoms with van der Waals surface area (Å²) < 4.78 is 0. The summed E-state index contributed by atoms with van der Waals surface area (Å²) in [7, 11) is 0. The van der Waals surface area contributed by atoms with E-state index in [9.17, 15) is 4.79 Å². The Labute approximate surface area is 175 Å². The molecule has 1 aliphatic heterocycles. The molecule has 1 aliphatic rings. The van der Waals surface area contributed by atoms with Crippen LogP contribution in [0.1, 0.15) is 32.0 Å². The minimum atomic E-state index is -0.269. The van der Waals surface area contributed by atoms with Crippen LogP contribution in [0.2, 0.25) is 0 Å². The summed E-state index contributed by atoms with van der Waals surface area (Å²) in [5.41, 5.74) is 2.96. The van der Waals surface area contributed by atoms with Gasteiger partial charge < -0.3 is 10.2 Å². The average molecular weight is 407 g/mol. The zero-order chi connectivity index (χ0) is 20.2. The molecule has 1 aromatic heterocycles. The summed E-state index contributed by atoms with van der Waals surface area (Å²) in [6.45, 7) is 6.02. The molecular weight excluding hydrogens is 380 g/mol. The second kappa shape index (κ2) is 8.82. The maximum Gasteiger partial charge on any atom is 0.237 e. The maximum absolute atomic E-state index is 12.7. The SMILES string of the molecule is Cc1nc(S[C@@H](C)C(=O)Nc2ccc(N3CCCCC3)cc2)c2ccccc2n1. The number of benzene rings is 2. The van der Waals surface area contributed by atoms with Gasteiger partial charge in [0.25, 0.3) is 0 Å². The summed E-state index contributed by atoms with van der Waals surface area (Å²) in [4.78, 5) is 24.2. The van der Waals surface area contributed by atoms with E-state index in [1.54, 1.807) is 0 Å². The van der Waals surface area contributed by atoms with Gasteiger partial charge in [0.2, 0.25) is 5.91 Å². The number of thioether (sulfide) groups is 1. The maximum atomic E-state index is 12.7. The first-order valence-electron chi connectivity index (χ1n) is 10.2. The lowest BCUT2D eigenvalue weighted by Gasteiger charge is -2.28. The first-order chi connectivity index (χ1) is 14.1. The molecule has 1 N–H and O–H groups in total. The van der Waals surface area contributed by atoms with Gasteiger partial charge in [-0.25, -0.2) is 9.97 Å². The summed E-state index contributed by atoms with van der Waals surface area (Å²) >= 11 is 1.47. The van der Waals surface area contributed by atoms with Crippen molar-refractivity contribution < 1.29 is 4.79 Å². The molecule has 0 bridgehead atoms. The lowest BCUT2D eigenvalue weighted by molar-refractivity contribution is -0.115. The second-order valence-electron chi connectivity index (χ2n) is 7.44. The highest BCUT2D eigenvalue weighted by molar-refractivity contribution is 8.00. The lowest BCUT2D eigenvalue weighted by Crippen LogP contribution is -2.29. The molecule has 2 aromatic carbocycles. The normalized spacial score (nSPS) is 15.3. The van der Waals surface area contributed by atoms with E-state index in [1.807, 2.05) is 50.2 Å². The van der Waals surface area contributed by atoms with Gasteiger partial charge in [-0.3, -0.25) is 4.79 Å². The zero-order valence-corrected chi connectivity index (χ0v) is 17.7. The fourth-order valence-corrected chi connectivity index (χ4v) is 4.61. The van der Waals surface area contributed by atoms with Crippen molar-refractivity contribution in [3.05, 3.63) is 54.4 Å². The number of nitrogens with zero attached hydrogens (tertiary/aromatic N) is 3. The monoisotopic (exact) mass is 406 g/mol. The van der Waals surface area contributed by atoms with E-state index >= 15 is 0 Å². The summed E-state index contributed by atoms with van der Waals surface area (Å²) in [5.74, 6) is 0.688. The third kappa shape index (κ3) is 4.70. The van der Waals surface area contributed by atoms with Crippen LogP contribution in [0.5, 0.6) is 0 Å². The minimum Gasteiger partial charge on any atom is -0.372 e. The number of nitrogens with one attached hydrogen (secondary N) is 1. The van der Waals surface area contributed by atoms with Gasteiger partial charge in [0.15, 0.2) is 0 Å². The number of fused-ring (bicyclic) bond motifs is 1. The van der Waals surface area contributed by atoms with Gasteiger partial charge >= 0.3 is 0 Å². The molecule has 0 spiro atoms. The van der Waals surface area contributed by atoms with Crippen LogP contribution in [0.3, 0.4) is 0 Å². The molecule has 1 amide bonds. The van der Waals surface area contributed by atoms with Gasteiger partial charge in [0.05, 0.1) is 10.8 Å². The van der Waals surface area contributed by atoms with Gasteiger partial charge in [-0.05, 0) is 63.4 Å². The Hall–Kier alpha value is -2.60. The number of aryl methyl sites for hydroxylation is 1. The van der Waals surface area contributed by atoms with Crippen LogP contribution >= 0.6 is 11.8 Å². The molecule has 0 unspecified atom stereocenters. The number of amides is 1. The van der Waals surface area contributed by atoms with Crippen LogP contribution < -0.4 is 10.2 Å². The second-order valence-corrected chi connectivity index (χ2v) is 8.77. The van der Waals surface area contributed by atoms with E-state index in [-0.39, 0.29) is 11.2 Å². The molecule has 0 radical (unpaired) electrons. The Morgan fingerprint density at radius 2 is 1.76 bits per heavy atom. The number of rotatable bonds is 5. The summed E-state index contributed by atoms with van der Waals surface area (Å²) in [6.07, 6.45) is 3.83. The Bertz CT molecular complexity index is 999. The number of hydrogen-bond donors (Lipinski definition) is 1. The first kappa shape index (κ1) is 19.7. The van der Waals surface area contributed by atoms with Crippen molar-refractivity contribution in [2.75, 3.05) is 23.3 Å².